The largest absolute Gasteiger partial charge is 0.493 e. The van der Waals surface area contributed by atoms with Gasteiger partial charge in [-0.1, -0.05) is 39.0 Å². The fourth-order valence-electron chi connectivity index (χ4n) is 5.13. The van der Waals surface area contributed by atoms with Crippen molar-refractivity contribution < 1.29 is 38.1 Å². The summed E-state index contributed by atoms with van der Waals surface area (Å²) in [6.07, 6.45) is 10.2. The summed E-state index contributed by atoms with van der Waals surface area (Å²) in [5, 5.41) is 2.63. The third kappa shape index (κ3) is 9.37. The standard InChI is InChI=1S/C29H44N2O8/c1-6-23(15-21-9-7-8-10-21)26(36-16-22-11-12-22)19(3)39-29(34)18(2)31-28(33)25-27(38-17-37-20(4)32)24(35-5)13-14-30-25/h13-14,18-19,21-23,26H,6-12,15-17H2,1-5H3,(H,31,33)/t18-,19-,23+,26-/m0/s1. The van der Waals surface area contributed by atoms with E-state index in [0.717, 1.165) is 12.8 Å². The van der Waals surface area contributed by atoms with E-state index in [-0.39, 0.29) is 23.3 Å². The molecule has 1 aromatic rings. The smallest absolute Gasteiger partial charge is 0.328 e. The van der Waals surface area contributed by atoms with Crippen molar-refractivity contribution in [1.82, 2.24) is 10.3 Å². The number of hydrogen-bond acceptors (Lipinski definition) is 9. The van der Waals surface area contributed by atoms with Crippen molar-refractivity contribution in [3.63, 3.8) is 0 Å². The molecule has 3 rings (SSSR count). The summed E-state index contributed by atoms with van der Waals surface area (Å²) in [5.41, 5.74) is -0.109. The molecule has 39 heavy (non-hydrogen) atoms. The molecule has 0 radical (unpaired) electrons. The zero-order chi connectivity index (χ0) is 28.4. The van der Waals surface area contributed by atoms with Crippen LogP contribution in [0, 0.1) is 17.8 Å². The topological polar surface area (TPSA) is 122 Å². The first-order valence-corrected chi connectivity index (χ1v) is 14.2. The van der Waals surface area contributed by atoms with Crippen LogP contribution in [0.1, 0.15) is 89.5 Å². The Morgan fingerprint density at radius 1 is 1.10 bits per heavy atom. The van der Waals surface area contributed by atoms with E-state index in [4.69, 9.17) is 23.7 Å². The average Bonchev–Trinajstić information content (AvgIpc) is 3.60. The van der Waals surface area contributed by atoms with Crippen LogP contribution in [-0.4, -0.2) is 61.6 Å². The number of nitrogens with one attached hydrogen (secondary N) is 1. The molecular weight excluding hydrogens is 504 g/mol. The maximum absolute atomic E-state index is 13.1. The third-order valence-electron chi connectivity index (χ3n) is 7.56. The molecule has 10 nitrogen and oxygen atoms in total. The number of aromatic nitrogens is 1. The van der Waals surface area contributed by atoms with Crippen LogP contribution in [0.3, 0.4) is 0 Å². The molecule has 4 atom stereocenters. The minimum atomic E-state index is -0.951. The van der Waals surface area contributed by atoms with Gasteiger partial charge in [-0.3, -0.25) is 9.59 Å². The summed E-state index contributed by atoms with van der Waals surface area (Å²) < 4.78 is 27.8. The monoisotopic (exact) mass is 548 g/mol. The van der Waals surface area contributed by atoms with Gasteiger partial charge >= 0.3 is 11.9 Å². The first kappa shape index (κ1) is 30.7. The van der Waals surface area contributed by atoms with E-state index in [1.807, 2.05) is 6.92 Å². The second kappa shape index (κ2) is 15.1. The van der Waals surface area contributed by atoms with Crippen molar-refractivity contribution in [1.29, 1.82) is 0 Å². The molecule has 0 aliphatic heterocycles. The predicted octanol–water partition coefficient (Wildman–Crippen LogP) is 4.44. The van der Waals surface area contributed by atoms with Crippen LogP contribution < -0.4 is 14.8 Å². The third-order valence-corrected chi connectivity index (χ3v) is 7.56. The normalized spacial score (nSPS) is 18.5. The lowest BCUT2D eigenvalue weighted by Crippen LogP contribution is -2.44. The Labute approximate surface area is 231 Å². The maximum atomic E-state index is 13.1. The lowest BCUT2D eigenvalue weighted by molar-refractivity contribution is -0.162. The van der Waals surface area contributed by atoms with Gasteiger partial charge in [0.15, 0.2) is 17.2 Å². The molecule has 0 saturated heterocycles. The Morgan fingerprint density at radius 3 is 2.44 bits per heavy atom. The molecule has 2 aliphatic rings. The zero-order valence-corrected chi connectivity index (χ0v) is 23.9. The number of pyridine rings is 1. The number of methoxy groups -OCH3 is 1. The number of esters is 2. The van der Waals surface area contributed by atoms with Crippen molar-refractivity contribution >= 4 is 17.8 Å². The Kier molecular flexibility index (Phi) is 11.8. The van der Waals surface area contributed by atoms with Crippen LogP contribution in [0.2, 0.25) is 0 Å². The number of carbonyl (C=O) groups is 3. The maximum Gasteiger partial charge on any atom is 0.328 e. The molecule has 10 heteroatoms. The molecule has 0 unspecified atom stereocenters. The molecule has 1 heterocycles. The molecular formula is C29H44N2O8. The Hall–Kier alpha value is -2.88. The number of nitrogens with zero attached hydrogens (tertiary/aromatic N) is 1. The molecule has 2 fully saturated rings. The highest BCUT2D eigenvalue weighted by Gasteiger charge is 2.35. The second-order valence-electron chi connectivity index (χ2n) is 10.7. The average molecular weight is 549 g/mol. The fraction of sp³-hybridized carbons (Fsp3) is 0.724. The number of carbonyl (C=O) groups excluding carboxylic acids is 3. The van der Waals surface area contributed by atoms with E-state index in [2.05, 4.69) is 17.2 Å². The zero-order valence-electron chi connectivity index (χ0n) is 23.9. The number of amides is 1. The lowest BCUT2D eigenvalue weighted by Gasteiger charge is -2.33. The van der Waals surface area contributed by atoms with E-state index in [1.165, 1.54) is 64.8 Å². The summed E-state index contributed by atoms with van der Waals surface area (Å²) in [7, 11) is 1.41. The summed E-state index contributed by atoms with van der Waals surface area (Å²) >= 11 is 0. The van der Waals surface area contributed by atoms with Gasteiger partial charge in [-0.05, 0) is 50.9 Å². The minimum absolute atomic E-state index is 0.000995. The Bertz CT molecular complexity index is 961. The van der Waals surface area contributed by atoms with Crippen molar-refractivity contribution in [3.8, 4) is 11.5 Å². The summed E-state index contributed by atoms with van der Waals surface area (Å²) in [5.74, 6) is 0.0872. The first-order chi connectivity index (χ1) is 18.7. The van der Waals surface area contributed by atoms with Crippen LogP contribution in [0.4, 0.5) is 0 Å². The van der Waals surface area contributed by atoms with Gasteiger partial charge in [-0.2, -0.15) is 0 Å². The molecule has 0 spiro atoms. The molecule has 218 valence electrons. The van der Waals surface area contributed by atoms with Crippen molar-refractivity contribution in [2.45, 2.75) is 97.3 Å². The predicted molar refractivity (Wildman–Crippen MR) is 143 cm³/mol. The molecule has 1 amide bonds. The van der Waals surface area contributed by atoms with Gasteiger partial charge in [-0.15, -0.1) is 0 Å². The van der Waals surface area contributed by atoms with Gasteiger partial charge in [0, 0.05) is 25.8 Å². The molecule has 2 saturated carbocycles. The SMILES string of the molecule is CC[C@H](CC1CCCC1)[C@@H](OCC1CC1)[C@H](C)OC(=O)[C@H](C)NC(=O)c1nccc(OC)c1OCOC(C)=O. The van der Waals surface area contributed by atoms with Crippen LogP contribution >= 0.6 is 0 Å². The van der Waals surface area contributed by atoms with Crippen molar-refractivity contribution in [2.24, 2.45) is 17.8 Å². The van der Waals surface area contributed by atoms with Crippen LogP contribution in [0.25, 0.3) is 0 Å². The van der Waals surface area contributed by atoms with E-state index in [0.29, 0.717) is 24.4 Å². The molecule has 0 bridgehead atoms. The summed E-state index contributed by atoms with van der Waals surface area (Å²) in [6.45, 7) is 7.12. The molecule has 1 N–H and O–H groups in total. The van der Waals surface area contributed by atoms with E-state index < -0.39 is 36.8 Å². The van der Waals surface area contributed by atoms with Gasteiger partial charge in [0.1, 0.15) is 12.1 Å². The van der Waals surface area contributed by atoms with E-state index >= 15 is 0 Å². The van der Waals surface area contributed by atoms with Gasteiger partial charge in [0.2, 0.25) is 6.79 Å². The molecule has 2 aliphatic carbocycles. The highest BCUT2D eigenvalue weighted by Crippen LogP contribution is 2.36. The van der Waals surface area contributed by atoms with E-state index in [9.17, 15) is 14.4 Å². The number of ether oxygens (including phenoxy) is 5. The van der Waals surface area contributed by atoms with Crippen LogP contribution in [-0.2, 0) is 23.8 Å². The Morgan fingerprint density at radius 2 is 1.82 bits per heavy atom. The molecule has 0 aromatic carbocycles. The number of hydrogen-bond donors (Lipinski definition) is 1. The first-order valence-electron chi connectivity index (χ1n) is 14.2. The lowest BCUT2D eigenvalue weighted by atomic mass is 9.85. The highest BCUT2D eigenvalue weighted by atomic mass is 16.7. The second-order valence-corrected chi connectivity index (χ2v) is 10.7. The quantitative estimate of drug-likeness (QED) is 0.236. The van der Waals surface area contributed by atoms with Crippen LogP contribution in [0.15, 0.2) is 12.3 Å². The molecule has 1 aromatic heterocycles. The Balaban J connectivity index is 1.63. The fourth-order valence-corrected chi connectivity index (χ4v) is 5.13. The number of rotatable bonds is 16. The summed E-state index contributed by atoms with van der Waals surface area (Å²) in [4.78, 5) is 41.3. The van der Waals surface area contributed by atoms with Gasteiger partial charge in [0.05, 0.1) is 13.2 Å². The van der Waals surface area contributed by atoms with Crippen molar-refractivity contribution in [3.05, 3.63) is 18.0 Å². The van der Waals surface area contributed by atoms with Gasteiger partial charge < -0.3 is 29.0 Å². The highest BCUT2D eigenvalue weighted by molar-refractivity contribution is 5.98. The van der Waals surface area contributed by atoms with Gasteiger partial charge in [-0.25, -0.2) is 9.78 Å². The van der Waals surface area contributed by atoms with Crippen molar-refractivity contribution in [2.75, 3.05) is 20.5 Å². The minimum Gasteiger partial charge on any atom is -0.493 e. The summed E-state index contributed by atoms with van der Waals surface area (Å²) in [6, 6.07) is 0.560. The van der Waals surface area contributed by atoms with Crippen LogP contribution in [0.5, 0.6) is 11.5 Å². The van der Waals surface area contributed by atoms with Gasteiger partial charge in [0.25, 0.3) is 5.91 Å². The van der Waals surface area contributed by atoms with E-state index in [1.54, 1.807) is 6.92 Å².